The van der Waals surface area contributed by atoms with Crippen molar-refractivity contribution < 1.29 is 13.9 Å². The number of rotatable bonds is 5. The summed E-state index contributed by atoms with van der Waals surface area (Å²) in [4.78, 5) is 16.1. The van der Waals surface area contributed by atoms with Gasteiger partial charge in [0, 0.05) is 23.5 Å². The molecule has 3 rings (SSSR count). The van der Waals surface area contributed by atoms with E-state index < -0.39 is 11.7 Å². The van der Waals surface area contributed by atoms with Gasteiger partial charge in [-0.3, -0.25) is 4.79 Å². The third-order valence-corrected chi connectivity index (χ3v) is 3.72. The van der Waals surface area contributed by atoms with E-state index in [-0.39, 0.29) is 18.0 Å². The van der Waals surface area contributed by atoms with Crippen molar-refractivity contribution in [3.8, 4) is 5.75 Å². The molecule has 7 heteroatoms. The molecule has 0 radical (unpaired) electrons. The number of nitrogen functional groups attached to an aromatic ring is 1. The number of nitrogens with zero attached hydrogens (tertiary/aromatic N) is 1. The van der Waals surface area contributed by atoms with Crippen LogP contribution in [0.2, 0.25) is 5.02 Å². The minimum absolute atomic E-state index is 0.218. The van der Waals surface area contributed by atoms with Crippen molar-refractivity contribution in [3.05, 3.63) is 82.8 Å². The van der Waals surface area contributed by atoms with Crippen molar-refractivity contribution in [2.75, 3.05) is 11.1 Å². The number of hydrogen-bond donors (Lipinski definition) is 2. The van der Waals surface area contributed by atoms with Gasteiger partial charge in [0.05, 0.1) is 5.02 Å². The lowest BCUT2D eigenvalue weighted by molar-refractivity contribution is 0.102. The maximum atomic E-state index is 13.2. The minimum Gasteiger partial charge on any atom is -0.485 e. The minimum atomic E-state index is -0.465. The maximum Gasteiger partial charge on any atom is 0.255 e. The Labute approximate surface area is 154 Å². The average molecular weight is 372 g/mol. The predicted molar refractivity (Wildman–Crippen MR) is 98.8 cm³/mol. The molecule has 0 bridgehead atoms. The normalized spacial score (nSPS) is 10.4. The first-order valence-electron chi connectivity index (χ1n) is 7.71. The molecule has 0 unspecified atom stereocenters. The first-order chi connectivity index (χ1) is 12.5. The molecule has 0 saturated carbocycles. The van der Waals surface area contributed by atoms with E-state index in [4.69, 9.17) is 22.1 Å². The van der Waals surface area contributed by atoms with Gasteiger partial charge in [-0.25, -0.2) is 9.37 Å². The molecule has 0 aliphatic carbocycles. The highest BCUT2D eigenvalue weighted by atomic mass is 35.5. The van der Waals surface area contributed by atoms with Crippen LogP contribution in [-0.2, 0) is 6.61 Å². The average Bonchev–Trinajstić information content (AvgIpc) is 2.63. The third-order valence-electron chi connectivity index (χ3n) is 3.51. The second kappa shape index (κ2) is 7.84. The Morgan fingerprint density at radius 1 is 1.19 bits per heavy atom. The number of benzene rings is 2. The number of aromatic nitrogens is 1. The quantitative estimate of drug-likeness (QED) is 0.701. The number of nitrogens with one attached hydrogen (secondary N) is 1. The van der Waals surface area contributed by atoms with Crippen molar-refractivity contribution in [3.63, 3.8) is 0 Å². The highest BCUT2D eigenvalue weighted by molar-refractivity contribution is 6.30. The van der Waals surface area contributed by atoms with Crippen LogP contribution in [0.15, 0.2) is 60.8 Å². The van der Waals surface area contributed by atoms with E-state index in [1.165, 1.54) is 24.4 Å². The lowest BCUT2D eigenvalue weighted by Gasteiger charge is -2.10. The Morgan fingerprint density at radius 2 is 2.00 bits per heavy atom. The summed E-state index contributed by atoms with van der Waals surface area (Å²) in [5.74, 6) is -0.241. The highest BCUT2D eigenvalue weighted by Crippen LogP contribution is 2.24. The lowest BCUT2D eigenvalue weighted by atomic mass is 10.2. The Hall–Kier alpha value is -3.12. The van der Waals surface area contributed by atoms with Gasteiger partial charge in [0.2, 0.25) is 0 Å². The molecule has 5 nitrogen and oxygen atoms in total. The predicted octanol–water partition coefficient (Wildman–Crippen LogP) is 4.29. The van der Waals surface area contributed by atoms with Crippen LogP contribution in [0.3, 0.4) is 0 Å². The molecule has 0 aliphatic heterocycles. The van der Waals surface area contributed by atoms with E-state index in [1.807, 2.05) is 6.07 Å². The Balaban J connectivity index is 1.68. The number of ether oxygens (including phenoxy) is 1. The number of halogens is 2. The van der Waals surface area contributed by atoms with E-state index in [2.05, 4.69) is 10.3 Å². The summed E-state index contributed by atoms with van der Waals surface area (Å²) < 4.78 is 18.9. The van der Waals surface area contributed by atoms with Crippen LogP contribution in [0.25, 0.3) is 0 Å². The Kier molecular flexibility index (Phi) is 5.34. The van der Waals surface area contributed by atoms with Gasteiger partial charge in [0.1, 0.15) is 12.4 Å². The number of hydrogen-bond acceptors (Lipinski definition) is 4. The zero-order chi connectivity index (χ0) is 18.5. The van der Waals surface area contributed by atoms with Crippen molar-refractivity contribution in [2.45, 2.75) is 6.61 Å². The van der Waals surface area contributed by atoms with E-state index in [0.717, 1.165) is 5.56 Å². The van der Waals surface area contributed by atoms with Crippen molar-refractivity contribution in [1.82, 2.24) is 4.98 Å². The molecule has 26 heavy (non-hydrogen) atoms. The molecule has 3 aromatic rings. The molecule has 1 heterocycles. The van der Waals surface area contributed by atoms with Crippen LogP contribution in [0.4, 0.5) is 15.9 Å². The fourth-order valence-electron chi connectivity index (χ4n) is 2.28. The SMILES string of the molecule is Nc1ncc(Cl)cc1OCc1cccc(NC(=O)c2cccc(F)c2)c1. The van der Waals surface area contributed by atoms with Gasteiger partial charge >= 0.3 is 0 Å². The lowest BCUT2D eigenvalue weighted by Crippen LogP contribution is -2.12. The zero-order valence-corrected chi connectivity index (χ0v) is 14.3. The third kappa shape index (κ3) is 4.49. The molecule has 2 aromatic carbocycles. The smallest absolute Gasteiger partial charge is 0.255 e. The van der Waals surface area contributed by atoms with Gasteiger partial charge in [-0.2, -0.15) is 0 Å². The molecule has 0 atom stereocenters. The van der Waals surface area contributed by atoms with Gasteiger partial charge in [0.15, 0.2) is 11.6 Å². The standard InChI is InChI=1S/C19H15ClFN3O2/c20-14-9-17(18(22)23-10-14)26-11-12-3-1-6-16(7-12)24-19(25)13-4-2-5-15(21)8-13/h1-10H,11H2,(H2,22,23)(H,24,25). The number of amides is 1. The fourth-order valence-corrected chi connectivity index (χ4v) is 2.43. The van der Waals surface area contributed by atoms with Crippen LogP contribution in [0.5, 0.6) is 5.75 Å². The molecule has 3 N–H and O–H groups in total. The molecular weight excluding hydrogens is 357 g/mol. The van der Waals surface area contributed by atoms with Gasteiger partial charge < -0.3 is 15.8 Å². The molecular formula is C19H15ClFN3O2. The maximum absolute atomic E-state index is 13.2. The number of carbonyl (C=O) groups is 1. The summed E-state index contributed by atoms with van der Waals surface area (Å²) in [6, 6.07) is 14.2. The van der Waals surface area contributed by atoms with Crippen LogP contribution in [0.1, 0.15) is 15.9 Å². The molecule has 0 saturated heterocycles. The van der Waals surface area contributed by atoms with Crippen LogP contribution in [-0.4, -0.2) is 10.9 Å². The monoisotopic (exact) mass is 371 g/mol. The van der Waals surface area contributed by atoms with E-state index in [1.54, 1.807) is 30.3 Å². The summed E-state index contributed by atoms with van der Waals surface area (Å²) in [7, 11) is 0. The van der Waals surface area contributed by atoms with Gasteiger partial charge in [-0.1, -0.05) is 29.8 Å². The van der Waals surface area contributed by atoms with Gasteiger partial charge in [0.25, 0.3) is 5.91 Å². The van der Waals surface area contributed by atoms with Gasteiger partial charge in [-0.15, -0.1) is 0 Å². The van der Waals surface area contributed by atoms with E-state index in [0.29, 0.717) is 16.5 Å². The second-order valence-electron chi connectivity index (χ2n) is 5.49. The Morgan fingerprint density at radius 3 is 2.81 bits per heavy atom. The summed E-state index contributed by atoms with van der Waals surface area (Å²) in [6.07, 6.45) is 1.44. The van der Waals surface area contributed by atoms with Crippen LogP contribution >= 0.6 is 11.6 Å². The van der Waals surface area contributed by atoms with Crippen LogP contribution < -0.4 is 15.8 Å². The molecule has 1 aromatic heterocycles. The molecule has 0 fully saturated rings. The molecule has 0 aliphatic rings. The fraction of sp³-hybridized carbons (Fsp3) is 0.0526. The van der Waals surface area contributed by atoms with Crippen LogP contribution in [0, 0.1) is 5.82 Å². The second-order valence-corrected chi connectivity index (χ2v) is 5.93. The number of nitrogens with two attached hydrogens (primary N) is 1. The Bertz CT molecular complexity index is 950. The number of carbonyl (C=O) groups excluding carboxylic acids is 1. The van der Waals surface area contributed by atoms with Gasteiger partial charge in [-0.05, 0) is 35.9 Å². The number of anilines is 2. The summed E-state index contributed by atoms with van der Waals surface area (Å²) in [5.41, 5.74) is 7.36. The van der Waals surface area contributed by atoms with E-state index >= 15 is 0 Å². The molecule has 1 amide bonds. The zero-order valence-electron chi connectivity index (χ0n) is 13.6. The largest absolute Gasteiger partial charge is 0.485 e. The van der Waals surface area contributed by atoms with Crippen molar-refractivity contribution in [2.24, 2.45) is 0 Å². The highest BCUT2D eigenvalue weighted by Gasteiger charge is 2.08. The van der Waals surface area contributed by atoms with Crippen molar-refractivity contribution >= 4 is 29.0 Å². The van der Waals surface area contributed by atoms with E-state index in [9.17, 15) is 9.18 Å². The number of pyridine rings is 1. The summed E-state index contributed by atoms with van der Waals surface area (Å²) in [6.45, 7) is 0.218. The first kappa shape index (κ1) is 17.7. The first-order valence-corrected chi connectivity index (χ1v) is 8.09. The topological polar surface area (TPSA) is 77.2 Å². The molecule has 0 spiro atoms. The summed E-state index contributed by atoms with van der Waals surface area (Å²) >= 11 is 5.88. The molecule has 132 valence electrons. The summed E-state index contributed by atoms with van der Waals surface area (Å²) in [5, 5.41) is 3.15. The van der Waals surface area contributed by atoms with Crippen molar-refractivity contribution in [1.29, 1.82) is 0 Å².